The van der Waals surface area contributed by atoms with Crippen LogP contribution in [0.1, 0.15) is 17.2 Å². The maximum absolute atomic E-state index is 13.6. The molecule has 0 bridgehead atoms. The number of halogens is 2. The Labute approximate surface area is 172 Å². The van der Waals surface area contributed by atoms with E-state index in [2.05, 4.69) is 16.0 Å². The zero-order valence-electron chi connectivity index (χ0n) is 15.4. The van der Waals surface area contributed by atoms with Gasteiger partial charge in [-0.2, -0.15) is 0 Å². The molecule has 3 N–H and O–H groups in total. The summed E-state index contributed by atoms with van der Waals surface area (Å²) in [4.78, 5) is 24.1. The van der Waals surface area contributed by atoms with Crippen LogP contribution in [0.5, 0.6) is 0 Å². The first kappa shape index (κ1) is 20.5. The van der Waals surface area contributed by atoms with E-state index in [4.69, 9.17) is 11.6 Å². The third kappa shape index (κ3) is 5.88. The van der Waals surface area contributed by atoms with Crippen molar-refractivity contribution < 1.29 is 14.0 Å². The van der Waals surface area contributed by atoms with E-state index >= 15 is 0 Å². The fraction of sp³-hybridized carbons (Fsp3) is 0.0909. The third-order valence-electron chi connectivity index (χ3n) is 4.18. The molecule has 0 radical (unpaired) electrons. The molecule has 7 heteroatoms. The minimum absolute atomic E-state index is 0.00548. The summed E-state index contributed by atoms with van der Waals surface area (Å²) < 4.78 is 13.6. The van der Waals surface area contributed by atoms with E-state index in [1.165, 1.54) is 18.2 Å². The van der Waals surface area contributed by atoms with Gasteiger partial charge in [0.25, 0.3) is 0 Å². The first-order chi connectivity index (χ1) is 14.0. The van der Waals surface area contributed by atoms with Crippen molar-refractivity contribution in [2.24, 2.45) is 0 Å². The van der Waals surface area contributed by atoms with E-state index in [0.29, 0.717) is 5.02 Å². The lowest BCUT2D eigenvalue weighted by Crippen LogP contribution is -2.41. The molecule has 0 aliphatic rings. The van der Waals surface area contributed by atoms with Crippen molar-refractivity contribution in [3.05, 3.63) is 101 Å². The molecule has 5 nitrogen and oxygen atoms in total. The number of carbonyl (C=O) groups is 2. The average molecular weight is 412 g/mol. The highest BCUT2D eigenvalue weighted by Crippen LogP contribution is 2.23. The summed E-state index contributed by atoms with van der Waals surface area (Å²) in [6.45, 7) is -0.118. The summed E-state index contributed by atoms with van der Waals surface area (Å²) in [5, 5.41) is 8.25. The standard InChI is InChI=1S/C22H19ClFN3O2/c23-17-12-10-16(11-13-17)21(15-6-2-1-3-7-15)25-14-20(28)27-22(29)26-19-9-5-4-8-18(19)24/h1-13,21,25H,14H2,(H2,26,27,28,29)/t21-/m0/s1. The van der Waals surface area contributed by atoms with Crippen LogP contribution >= 0.6 is 11.6 Å². The Morgan fingerprint density at radius 3 is 2.17 bits per heavy atom. The van der Waals surface area contributed by atoms with Crippen LogP contribution in [0.25, 0.3) is 0 Å². The second-order valence-corrected chi connectivity index (χ2v) is 6.69. The Bertz CT molecular complexity index is 981. The number of rotatable bonds is 6. The van der Waals surface area contributed by atoms with Crippen molar-refractivity contribution in [3.8, 4) is 0 Å². The molecule has 0 fully saturated rings. The van der Waals surface area contributed by atoms with Crippen LogP contribution < -0.4 is 16.0 Å². The number of nitrogens with one attached hydrogen (secondary N) is 3. The van der Waals surface area contributed by atoms with Gasteiger partial charge < -0.3 is 5.32 Å². The number of hydrogen-bond acceptors (Lipinski definition) is 3. The number of benzene rings is 3. The molecule has 0 aliphatic heterocycles. The summed E-state index contributed by atoms with van der Waals surface area (Å²) in [5.41, 5.74) is 1.87. The van der Waals surface area contributed by atoms with Gasteiger partial charge in [0.2, 0.25) is 5.91 Å². The molecule has 0 saturated heterocycles. The normalized spacial score (nSPS) is 11.5. The van der Waals surface area contributed by atoms with Crippen molar-refractivity contribution in [2.75, 3.05) is 11.9 Å². The van der Waals surface area contributed by atoms with E-state index < -0.39 is 17.8 Å². The molecule has 0 heterocycles. The predicted octanol–water partition coefficient (Wildman–Crippen LogP) is 4.51. The lowest BCUT2D eigenvalue weighted by atomic mass is 9.99. The fourth-order valence-corrected chi connectivity index (χ4v) is 2.94. The second kappa shape index (κ2) is 9.82. The third-order valence-corrected chi connectivity index (χ3v) is 4.43. The van der Waals surface area contributed by atoms with Crippen LogP contribution in [-0.4, -0.2) is 18.5 Å². The topological polar surface area (TPSA) is 70.2 Å². The van der Waals surface area contributed by atoms with Gasteiger partial charge in [0.15, 0.2) is 0 Å². The first-order valence-electron chi connectivity index (χ1n) is 8.92. The zero-order valence-corrected chi connectivity index (χ0v) is 16.1. The number of carbonyl (C=O) groups excluding carboxylic acids is 2. The fourth-order valence-electron chi connectivity index (χ4n) is 2.81. The van der Waals surface area contributed by atoms with Crippen molar-refractivity contribution in [1.82, 2.24) is 10.6 Å². The molecule has 0 aromatic heterocycles. The molecule has 3 rings (SSSR count). The van der Waals surface area contributed by atoms with Crippen LogP contribution in [-0.2, 0) is 4.79 Å². The Kier molecular flexibility index (Phi) is 6.94. The van der Waals surface area contributed by atoms with Crippen LogP contribution in [0.2, 0.25) is 5.02 Å². The van der Waals surface area contributed by atoms with Crippen molar-refractivity contribution in [3.63, 3.8) is 0 Å². The number of anilines is 1. The van der Waals surface area contributed by atoms with E-state index in [9.17, 15) is 14.0 Å². The number of amides is 3. The average Bonchev–Trinajstić information content (AvgIpc) is 2.72. The highest BCUT2D eigenvalue weighted by atomic mass is 35.5. The van der Waals surface area contributed by atoms with Gasteiger partial charge in [-0.3, -0.25) is 15.4 Å². The van der Waals surface area contributed by atoms with Crippen LogP contribution in [0.3, 0.4) is 0 Å². The summed E-state index contributed by atoms with van der Waals surface area (Å²) in [6, 6.07) is 21.5. The lowest BCUT2D eigenvalue weighted by Gasteiger charge is -2.20. The van der Waals surface area contributed by atoms with Gasteiger partial charge in [-0.1, -0.05) is 66.2 Å². The van der Waals surface area contributed by atoms with E-state index in [1.54, 1.807) is 18.2 Å². The number of para-hydroxylation sites is 1. The molecule has 1 atom stereocenters. The molecule has 3 aromatic carbocycles. The van der Waals surface area contributed by atoms with Gasteiger partial charge in [-0.05, 0) is 35.4 Å². The highest BCUT2D eigenvalue weighted by Gasteiger charge is 2.16. The number of imide groups is 1. The number of urea groups is 1. The van der Waals surface area contributed by atoms with E-state index in [-0.39, 0.29) is 18.3 Å². The minimum Gasteiger partial charge on any atom is -0.305 e. The monoisotopic (exact) mass is 411 g/mol. The molecule has 3 amide bonds. The van der Waals surface area contributed by atoms with Crippen molar-refractivity contribution >= 4 is 29.2 Å². The SMILES string of the molecule is O=C(CN[C@@H](c1ccccc1)c1ccc(Cl)cc1)NC(=O)Nc1ccccc1F. The van der Waals surface area contributed by atoms with Gasteiger partial charge in [0.1, 0.15) is 5.82 Å². The van der Waals surface area contributed by atoms with Gasteiger partial charge in [-0.15, -0.1) is 0 Å². The largest absolute Gasteiger partial charge is 0.326 e. The summed E-state index contributed by atoms with van der Waals surface area (Å²) in [6.07, 6.45) is 0. The Balaban J connectivity index is 1.63. The minimum atomic E-state index is -0.801. The molecule has 3 aromatic rings. The van der Waals surface area contributed by atoms with Crippen LogP contribution in [0.15, 0.2) is 78.9 Å². The lowest BCUT2D eigenvalue weighted by molar-refractivity contribution is -0.119. The molecule has 148 valence electrons. The van der Waals surface area contributed by atoms with Gasteiger partial charge in [0, 0.05) is 5.02 Å². The zero-order chi connectivity index (χ0) is 20.6. The predicted molar refractivity (Wildman–Crippen MR) is 111 cm³/mol. The van der Waals surface area contributed by atoms with Crippen molar-refractivity contribution in [1.29, 1.82) is 0 Å². The summed E-state index contributed by atoms with van der Waals surface area (Å²) >= 11 is 5.97. The molecular formula is C22H19ClFN3O2. The summed E-state index contributed by atoms with van der Waals surface area (Å²) in [7, 11) is 0. The molecule has 0 aliphatic carbocycles. The maximum Gasteiger partial charge on any atom is 0.326 e. The second-order valence-electron chi connectivity index (χ2n) is 6.26. The number of hydrogen-bond donors (Lipinski definition) is 3. The molecule has 29 heavy (non-hydrogen) atoms. The van der Waals surface area contributed by atoms with Crippen LogP contribution in [0, 0.1) is 5.82 Å². The molecule has 0 unspecified atom stereocenters. The van der Waals surface area contributed by atoms with E-state index in [0.717, 1.165) is 11.1 Å². The quantitative estimate of drug-likeness (QED) is 0.559. The van der Waals surface area contributed by atoms with Gasteiger partial charge in [-0.25, -0.2) is 9.18 Å². The first-order valence-corrected chi connectivity index (χ1v) is 9.30. The smallest absolute Gasteiger partial charge is 0.305 e. The molecule has 0 saturated carbocycles. The maximum atomic E-state index is 13.6. The molecule has 0 spiro atoms. The van der Waals surface area contributed by atoms with Gasteiger partial charge in [0.05, 0.1) is 18.3 Å². The van der Waals surface area contributed by atoms with Crippen LogP contribution in [0.4, 0.5) is 14.9 Å². The van der Waals surface area contributed by atoms with E-state index in [1.807, 2.05) is 42.5 Å². The summed E-state index contributed by atoms with van der Waals surface area (Å²) in [5.74, 6) is -1.13. The molecular weight excluding hydrogens is 393 g/mol. The highest BCUT2D eigenvalue weighted by molar-refractivity contribution is 6.30. The Morgan fingerprint density at radius 2 is 1.48 bits per heavy atom. The van der Waals surface area contributed by atoms with Crippen molar-refractivity contribution in [2.45, 2.75) is 6.04 Å². The van der Waals surface area contributed by atoms with Gasteiger partial charge >= 0.3 is 6.03 Å². The Morgan fingerprint density at radius 1 is 0.862 bits per heavy atom. The Hall–Kier alpha value is -3.22.